The van der Waals surface area contributed by atoms with Crippen molar-refractivity contribution in [1.82, 2.24) is 0 Å². The fraction of sp³-hybridized carbons (Fsp3) is 0.643. The summed E-state index contributed by atoms with van der Waals surface area (Å²) in [5.41, 5.74) is 8.36. The smallest absolute Gasteiger partial charge is 0.174 e. The molecule has 0 aromatic carbocycles. The van der Waals surface area contributed by atoms with Gasteiger partial charge in [0.1, 0.15) is 0 Å². The summed E-state index contributed by atoms with van der Waals surface area (Å²) in [5.74, 6) is 3.17. The first kappa shape index (κ1) is 13.3. The Morgan fingerprint density at radius 3 is 2.63 bits per heavy atom. The van der Waals surface area contributed by atoms with Crippen molar-refractivity contribution in [3.8, 4) is 0 Å². The number of nitrogen functional groups attached to an aromatic ring is 1. The van der Waals surface area contributed by atoms with E-state index in [1.807, 2.05) is 18.7 Å². The van der Waals surface area contributed by atoms with E-state index in [1.165, 1.54) is 34.9 Å². The second kappa shape index (κ2) is 5.37. The lowest BCUT2D eigenvalue weighted by molar-refractivity contribution is 0.0993. The summed E-state index contributed by atoms with van der Waals surface area (Å²) in [6, 6.07) is 0. The van der Waals surface area contributed by atoms with E-state index >= 15 is 0 Å². The molecule has 0 radical (unpaired) electrons. The van der Waals surface area contributed by atoms with Gasteiger partial charge in [0.25, 0.3) is 0 Å². The largest absolute Gasteiger partial charge is 0.397 e. The number of hydrogen-bond acceptors (Lipinski definition) is 5. The van der Waals surface area contributed by atoms with E-state index in [-0.39, 0.29) is 5.78 Å². The van der Waals surface area contributed by atoms with E-state index in [0.717, 1.165) is 23.7 Å². The number of hydrogen-bond donors (Lipinski definition) is 1. The van der Waals surface area contributed by atoms with E-state index < -0.39 is 0 Å². The molecule has 1 aromatic rings. The highest BCUT2D eigenvalue weighted by molar-refractivity contribution is 7.99. The summed E-state index contributed by atoms with van der Waals surface area (Å²) in [6.07, 6.45) is 3.01. The Bertz CT molecular complexity index is 488. The Hall–Kier alpha value is -0.680. The first-order valence-corrected chi connectivity index (χ1v) is 8.97. The predicted octanol–water partition coefficient (Wildman–Crippen LogP) is 3.35. The minimum absolute atomic E-state index is 0.196. The molecule has 1 saturated carbocycles. The van der Waals surface area contributed by atoms with Crippen LogP contribution < -0.4 is 10.6 Å². The number of rotatable bonds is 4. The lowest BCUT2D eigenvalue weighted by atomic mass is 10.1. The first-order valence-electron chi connectivity index (χ1n) is 7.00. The molecule has 1 aromatic heterocycles. The van der Waals surface area contributed by atoms with Gasteiger partial charge in [0, 0.05) is 36.6 Å². The molecule has 0 bridgehead atoms. The summed E-state index contributed by atoms with van der Waals surface area (Å²) < 4.78 is 0. The molecule has 1 aliphatic heterocycles. The Kier molecular flexibility index (Phi) is 3.76. The van der Waals surface area contributed by atoms with Crippen molar-refractivity contribution in [3.63, 3.8) is 0 Å². The molecule has 5 heteroatoms. The van der Waals surface area contributed by atoms with Gasteiger partial charge in [-0.1, -0.05) is 6.92 Å². The number of carbonyl (C=O) groups is 1. The highest BCUT2D eigenvalue weighted by Crippen LogP contribution is 2.52. The van der Waals surface area contributed by atoms with Gasteiger partial charge >= 0.3 is 0 Å². The van der Waals surface area contributed by atoms with E-state index in [4.69, 9.17) is 5.73 Å². The zero-order valence-electron chi connectivity index (χ0n) is 11.3. The summed E-state index contributed by atoms with van der Waals surface area (Å²) in [7, 11) is 0. The first-order chi connectivity index (χ1) is 9.22. The minimum atomic E-state index is 0.196. The Balaban J connectivity index is 1.99. The van der Waals surface area contributed by atoms with Gasteiger partial charge in [-0.2, -0.15) is 11.8 Å². The van der Waals surface area contributed by atoms with Crippen LogP contribution in [0, 0.1) is 0 Å². The molecule has 0 amide bonds. The van der Waals surface area contributed by atoms with Gasteiger partial charge in [0.05, 0.1) is 15.6 Å². The van der Waals surface area contributed by atoms with E-state index in [9.17, 15) is 4.79 Å². The number of anilines is 2. The molecule has 104 valence electrons. The van der Waals surface area contributed by atoms with Crippen LogP contribution in [-0.4, -0.2) is 30.4 Å². The van der Waals surface area contributed by atoms with Crippen LogP contribution in [0.4, 0.5) is 10.7 Å². The Morgan fingerprint density at radius 1 is 1.37 bits per heavy atom. The standard InChI is InChI=1S/C14H20N2OS2/c1-2-10(17)13-12(15)11(9-3-4-9)14(19-13)16-5-7-18-8-6-16/h9H,2-8,15H2,1H3. The minimum Gasteiger partial charge on any atom is -0.397 e. The van der Waals surface area contributed by atoms with Crippen LogP contribution in [0.2, 0.25) is 0 Å². The number of nitrogens with two attached hydrogens (primary N) is 1. The van der Waals surface area contributed by atoms with Crippen LogP contribution in [-0.2, 0) is 0 Å². The third-order valence-electron chi connectivity index (χ3n) is 3.82. The molecule has 1 aliphatic carbocycles. The van der Waals surface area contributed by atoms with Crippen LogP contribution in [0.1, 0.15) is 47.3 Å². The number of thioether (sulfide) groups is 1. The second-order valence-electron chi connectivity index (χ2n) is 5.21. The van der Waals surface area contributed by atoms with Crippen molar-refractivity contribution < 1.29 is 4.79 Å². The molecule has 0 spiro atoms. The molecule has 2 heterocycles. The summed E-state index contributed by atoms with van der Waals surface area (Å²) in [5, 5.41) is 1.29. The van der Waals surface area contributed by atoms with Crippen LogP contribution in [0.3, 0.4) is 0 Å². The second-order valence-corrected chi connectivity index (χ2v) is 7.44. The predicted molar refractivity (Wildman–Crippen MR) is 84.9 cm³/mol. The Morgan fingerprint density at radius 2 is 2.05 bits per heavy atom. The molecular formula is C14H20N2OS2. The van der Waals surface area contributed by atoms with Crippen LogP contribution in [0.25, 0.3) is 0 Å². The van der Waals surface area contributed by atoms with Crippen molar-refractivity contribution in [2.24, 2.45) is 0 Å². The van der Waals surface area contributed by atoms with Crippen LogP contribution >= 0.6 is 23.1 Å². The molecule has 0 atom stereocenters. The van der Waals surface area contributed by atoms with Gasteiger partial charge in [-0.3, -0.25) is 4.79 Å². The number of nitrogens with zero attached hydrogens (tertiary/aromatic N) is 1. The number of ketones is 1. The maximum absolute atomic E-state index is 12.0. The van der Waals surface area contributed by atoms with E-state index in [0.29, 0.717) is 12.3 Å². The SMILES string of the molecule is CCC(=O)c1sc(N2CCSCC2)c(C2CC2)c1N. The van der Waals surface area contributed by atoms with Crippen LogP contribution in [0.5, 0.6) is 0 Å². The molecule has 3 nitrogen and oxygen atoms in total. The maximum Gasteiger partial charge on any atom is 0.174 e. The van der Waals surface area contributed by atoms with Gasteiger partial charge in [-0.25, -0.2) is 0 Å². The highest BCUT2D eigenvalue weighted by Gasteiger charge is 2.34. The fourth-order valence-corrected chi connectivity index (χ4v) is 4.85. The molecule has 2 N–H and O–H groups in total. The molecule has 3 rings (SSSR count). The monoisotopic (exact) mass is 296 g/mol. The molecule has 0 unspecified atom stereocenters. The normalized spacial score (nSPS) is 19.7. The van der Waals surface area contributed by atoms with Crippen molar-refractivity contribution in [2.75, 3.05) is 35.2 Å². The van der Waals surface area contributed by atoms with Crippen molar-refractivity contribution in [2.45, 2.75) is 32.1 Å². The average Bonchev–Trinajstić information content (AvgIpc) is 3.22. The van der Waals surface area contributed by atoms with Gasteiger partial charge in [-0.15, -0.1) is 11.3 Å². The Labute approximate surface area is 122 Å². The molecular weight excluding hydrogens is 276 g/mol. The van der Waals surface area contributed by atoms with Gasteiger partial charge in [0.15, 0.2) is 5.78 Å². The molecule has 19 heavy (non-hydrogen) atoms. The number of thiophene rings is 1. The zero-order valence-corrected chi connectivity index (χ0v) is 12.9. The summed E-state index contributed by atoms with van der Waals surface area (Å²) in [6.45, 7) is 4.09. The summed E-state index contributed by atoms with van der Waals surface area (Å²) >= 11 is 3.65. The van der Waals surface area contributed by atoms with E-state index in [2.05, 4.69) is 4.90 Å². The number of Topliss-reactive ketones (excluding diaryl/α,β-unsaturated/α-hetero) is 1. The molecule has 1 saturated heterocycles. The number of carbonyl (C=O) groups excluding carboxylic acids is 1. The third kappa shape index (κ3) is 2.50. The lowest BCUT2D eigenvalue weighted by Gasteiger charge is -2.28. The van der Waals surface area contributed by atoms with Gasteiger partial charge in [-0.05, 0) is 18.8 Å². The van der Waals surface area contributed by atoms with Gasteiger partial charge < -0.3 is 10.6 Å². The zero-order chi connectivity index (χ0) is 13.4. The fourth-order valence-electron chi connectivity index (χ4n) is 2.58. The van der Waals surface area contributed by atoms with E-state index in [1.54, 1.807) is 11.3 Å². The maximum atomic E-state index is 12.0. The topological polar surface area (TPSA) is 46.3 Å². The van der Waals surface area contributed by atoms with Gasteiger partial charge in [0.2, 0.25) is 0 Å². The van der Waals surface area contributed by atoms with Crippen molar-refractivity contribution >= 4 is 39.6 Å². The quantitative estimate of drug-likeness (QED) is 0.866. The van der Waals surface area contributed by atoms with Crippen LogP contribution in [0.15, 0.2) is 0 Å². The summed E-state index contributed by atoms with van der Waals surface area (Å²) in [4.78, 5) is 15.3. The molecule has 2 fully saturated rings. The highest BCUT2D eigenvalue weighted by atomic mass is 32.2. The average molecular weight is 296 g/mol. The lowest BCUT2D eigenvalue weighted by Crippen LogP contribution is -2.32. The van der Waals surface area contributed by atoms with Crippen molar-refractivity contribution in [3.05, 3.63) is 10.4 Å². The van der Waals surface area contributed by atoms with Crippen molar-refractivity contribution in [1.29, 1.82) is 0 Å². The molecule has 2 aliphatic rings. The third-order valence-corrected chi connectivity index (χ3v) is 6.09.